The van der Waals surface area contributed by atoms with Gasteiger partial charge < -0.3 is 9.32 Å². The van der Waals surface area contributed by atoms with Crippen LogP contribution in [0, 0.1) is 0 Å². The van der Waals surface area contributed by atoms with E-state index in [-0.39, 0.29) is 17.2 Å². The summed E-state index contributed by atoms with van der Waals surface area (Å²) in [7, 11) is 0. The van der Waals surface area contributed by atoms with E-state index in [0.29, 0.717) is 17.7 Å². The molecule has 5 nitrogen and oxygen atoms in total. The second kappa shape index (κ2) is 8.92. The molecule has 3 rings (SSSR count). The summed E-state index contributed by atoms with van der Waals surface area (Å²) >= 11 is 4.74. The van der Waals surface area contributed by atoms with Crippen LogP contribution in [-0.4, -0.2) is 32.3 Å². The van der Waals surface area contributed by atoms with Crippen molar-refractivity contribution >= 4 is 33.6 Å². The minimum Gasteiger partial charge on any atom is -0.411 e. The summed E-state index contributed by atoms with van der Waals surface area (Å²) in [6, 6.07) is 17.6. The van der Waals surface area contributed by atoms with E-state index in [9.17, 15) is 4.79 Å². The Hall–Kier alpha value is -2.12. The normalized spacial score (nSPS) is 11.4. The molecule has 0 unspecified atom stereocenters. The summed E-state index contributed by atoms with van der Waals surface area (Å²) in [5.74, 6) is 0.697. The van der Waals surface area contributed by atoms with Gasteiger partial charge in [0.1, 0.15) is 0 Å². The maximum atomic E-state index is 12.9. The van der Waals surface area contributed by atoms with Crippen LogP contribution in [0.4, 0.5) is 0 Å². The number of nitrogens with zero attached hydrogens (tertiary/aromatic N) is 3. The Bertz CT molecular complexity index is 938. The summed E-state index contributed by atoms with van der Waals surface area (Å²) in [4.78, 5) is 14.8. The highest BCUT2D eigenvalue weighted by molar-refractivity contribution is 9.10. The Labute approximate surface area is 177 Å². The number of aromatic nitrogens is 2. The largest absolute Gasteiger partial charge is 0.411 e. The number of rotatable bonds is 6. The van der Waals surface area contributed by atoms with Crippen LogP contribution in [0.2, 0.25) is 0 Å². The average molecular weight is 460 g/mol. The van der Waals surface area contributed by atoms with Gasteiger partial charge in [-0.05, 0) is 54.4 Å². The monoisotopic (exact) mass is 459 g/mol. The van der Waals surface area contributed by atoms with Crippen molar-refractivity contribution in [3.8, 4) is 11.5 Å². The lowest BCUT2D eigenvalue weighted by Gasteiger charge is -2.35. The molecule has 0 radical (unpaired) electrons. The van der Waals surface area contributed by atoms with Crippen LogP contribution in [0.5, 0.6) is 0 Å². The molecule has 28 heavy (non-hydrogen) atoms. The van der Waals surface area contributed by atoms with Crippen LogP contribution >= 0.6 is 27.7 Å². The predicted molar refractivity (Wildman–Crippen MR) is 115 cm³/mol. The molecular weight excluding hydrogens is 438 g/mol. The number of hydrogen-bond acceptors (Lipinski definition) is 5. The lowest BCUT2D eigenvalue weighted by molar-refractivity contribution is -0.133. The minimum atomic E-state index is -0.289. The van der Waals surface area contributed by atoms with Gasteiger partial charge in [0, 0.05) is 16.6 Å². The molecule has 0 fully saturated rings. The van der Waals surface area contributed by atoms with E-state index in [4.69, 9.17) is 4.42 Å². The lowest BCUT2D eigenvalue weighted by atomic mass is 10.0. The van der Waals surface area contributed by atoms with Gasteiger partial charge in [-0.15, -0.1) is 10.2 Å². The molecule has 146 valence electrons. The fraction of sp³-hybridized carbons (Fsp3) is 0.286. The second-order valence-corrected chi connectivity index (χ2v) is 9.06. The third-order valence-corrected chi connectivity index (χ3v) is 5.62. The van der Waals surface area contributed by atoms with Crippen LogP contribution in [0.1, 0.15) is 26.3 Å². The van der Waals surface area contributed by atoms with Crippen molar-refractivity contribution in [1.29, 1.82) is 0 Å². The molecule has 0 atom stereocenters. The van der Waals surface area contributed by atoms with Crippen molar-refractivity contribution in [1.82, 2.24) is 15.1 Å². The van der Waals surface area contributed by atoms with E-state index in [1.54, 1.807) is 0 Å². The number of carbonyl (C=O) groups excluding carboxylic acids is 1. The number of hydrogen-bond donors (Lipinski definition) is 0. The highest BCUT2D eigenvalue weighted by Gasteiger charge is 2.27. The molecule has 1 heterocycles. The van der Waals surface area contributed by atoms with Gasteiger partial charge in [-0.25, -0.2) is 0 Å². The smallest absolute Gasteiger partial charge is 0.277 e. The third-order valence-electron chi connectivity index (χ3n) is 4.12. The number of thioether (sulfide) groups is 1. The predicted octanol–water partition coefficient (Wildman–Crippen LogP) is 5.42. The minimum absolute atomic E-state index is 0.0296. The summed E-state index contributed by atoms with van der Waals surface area (Å²) in [6.45, 7) is 6.68. The lowest BCUT2D eigenvalue weighted by Crippen LogP contribution is -2.45. The SMILES string of the molecule is CC(C)(C)N(Cc1ccccc1)C(=O)CSc1nnc(-c2ccccc2Br)o1. The Balaban J connectivity index is 1.67. The van der Waals surface area contributed by atoms with Crippen LogP contribution in [-0.2, 0) is 11.3 Å². The van der Waals surface area contributed by atoms with E-state index in [1.165, 1.54) is 11.8 Å². The zero-order valence-corrected chi connectivity index (χ0v) is 18.5. The fourth-order valence-corrected chi connectivity index (χ4v) is 3.77. The average Bonchev–Trinajstić information content (AvgIpc) is 3.13. The van der Waals surface area contributed by atoms with Gasteiger partial charge >= 0.3 is 0 Å². The van der Waals surface area contributed by atoms with Crippen LogP contribution in [0.15, 0.2) is 68.7 Å². The molecule has 1 aromatic heterocycles. The molecule has 1 amide bonds. The molecular formula is C21H22BrN3O2S. The van der Waals surface area contributed by atoms with E-state index < -0.39 is 0 Å². The molecule has 0 spiro atoms. The van der Waals surface area contributed by atoms with Gasteiger partial charge in [-0.3, -0.25) is 4.79 Å². The molecule has 0 aliphatic carbocycles. The first-order chi connectivity index (χ1) is 13.3. The third kappa shape index (κ3) is 5.23. The standard InChI is InChI=1S/C21H22BrN3O2S/c1-21(2,3)25(13-15-9-5-4-6-10-15)18(26)14-28-20-24-23-19(27-20)16-11-7-8-12-17(16)22/h4-12H,13-14H2,1-3H3. The van der Waals surface area contributed by atoms with Crippen molar-refractivity contribution in [2.45, 2.75) is 38.1 Å². The van der Waals surface area contributed by atoms with Gasteiger partial charge in [-0.1, -0.05) is 54.2 Å². The molecule has 7 heteroatoms. The van der Waals surface area contributed by atoms with Gasteiger partial charge in [0.2, 0.25) is 11.8 Å². The molecule has 3 aromatic rings. The zero-order chi connectivity index (χ0) is 20.1. The summed E-state index contributed by atoms with van der Waals surface area (Å²) < 4.78 is 6.61. The molecule has 0 bridgehead atoms. The molecule has 0 aliphatic heterocycles. The molecule has 0 aliphatic rings. The summed E-state index contributed by atoms with van der Waals surface area (Å²) in [5.41, 5.74) is 1.64. The number of halogens is 1. The van der Waals surface area contributed by atoms with Gasteiger partial charge in [0.05, 0.1) is 11.3 Å². The molecule has 0 N–H and O–H groups in total. The first kappa shape index (κ1) is 20.6. The number of carbonyl (C=O) groups is 1. The summed E-state index contributed by atoms with van der Waals surface area (Å²) in [6.07, 6.45) is 0. The highest BCUT2D eigenvalue weighted by atomic mass is 79.9. The van der Waals surface area contributed by atoms with Crippen molar-refractivity contribution in [2.24, 2.45) is 0 Å². The zero-order valence-electron chi connectivity index (χ0n) is 16.1. The Morgan fingerprint density at radius 2 is 1.75 bits per heavy atom. The highest BCUT2D eigenvalue weighted by Crippen LogP contribution is 2.29. The van der Waals surface area contributed by atoms with Gasteiger partial charge in [-0.2, -0.15) is 0 Å². The first-order valence-corrected chi connectivity index (χ1v) is 10.7. The van der Waals surface area contributed by atoms with Crippen molar-refractivity contribution in [3.63, 3.8) is 0 Å². The fourth-order valence-electron chi connectivity index (χ4n) is 2.68. The van der Waals surface area contributed by atoms with E-state index in [1.807, 2.05) is 80.3 Å². The second-order valence-electron chi connectivity index (χ2n) is 7.28. The van der Waals surface area contributed by atoms with Gasteiger partial charge in [0.25, 0.3) is 5.22 Å². The quantitative estimate of drug-likeness (QED) is 0.460. The van der Waals surface area contributed by atoms with E-state index in [2.05, 4.69) is 26.1 Å². The topological polar surface area (TPSA) is 59.2 Å². The number of benzene rings is 2. The Morgan fingerprint density at radius 3 is 2.43 bits per heavy atom. The van der Waals surface area contributed by atoms with E-state index in [0.717, 1.165) is 15.6 Å². The van der Waals surface area contributed by atoms with Crippen molar-refractivity contribution in [3.05, 3.63) is 64.6 Å². The van der Waals surface area contributed by atoms with Crippen LogP contribution in [0.25, 0.3) is 11.5 Å². The van der Waals surface area contributed by atoms with Crippen molar-refractivity contribution in [2.75, 3.05) is 5.75 Å². The van der Waals surface area contributed by atoms with E-state index >= 15 is 0 Å². The Morgan fingerprint density at radius 1 is 1.07 bits per heavy atom. The first-order valence-electron chi connectivity index (χ1n) is 8.90. The van der Waals surface area contributed by atoms with Crippen molar-refractivity contribution < 1.29 is 9.21 Å². The van der Waals surface area contributed by atoms with Crippen LogP contribution in [0.3, 0.4) is 0 Å². The number of amides is 1. The summed E-state index contributed by atoms with van der Waals surface area (Å²) in [5, 5.41) is 8.54. The van der Waals surface area contributed by atoms with Crippen LogP contribution < -0.4 is 0 Å². The molecule has 0 saturated heterocycles. The maximum Gasteiger partial charge on any atom is 0.277 e. The Kier molecular flexibility index (Phi) is 6.57. The molecule has 0 saturated carbocycles. The molecule has 2 aromatic carbocycles. The van der Waals surface area contributed by atoms with Gasteiger partial charge in [0.15, 0.2) is 0 Å². The maximum absolute atomic E-state index is 12.9.